The number of hydrogen-bond donors (Lipinski definition) is 1. The summed E-state index contributed by atoms with van der Waals surface area (Å²) in [5.41, 5.74) is 2.05. The predicted octanol–water partition coefficient (Wildman–Crippen LogP) is 2.12. The van der Waals surface area contributed by atoms with Gasteiger partial charge in [0, 0.05) is 30.4 Å². The van der Waals surface area contributed by atoms with Gasteiger partial charge in [0.05, 0.1) is 13.2 Å². The van der Waals surface area contributed by atoms with E-state index >= 15 is 0 Å². The van der Waals surface area contributed by atoms with E-state index in [-0.39, 0.29) is 11.8 Å². The Balaban J connectivity index is 1.67. The Hall–Kier alpha value is -1.55. The zero-order valence-electron chi connectivity index (χ0n) is 11.3. The van der Waals surface area contributed by atoms with Gasteiger partial charge >= 0.3 is 0 Å². The first-order chi connectivity index (χ1) is 9.24. The van der Waals surface area contributed by atoms with Gasteiger partial charge in [0.1, 0.15) is 0 Å². The van der Waals surface area contributed by atoms with E-state index in [2.05, 4.69) is 29.3 Å². The summed E-state index contributed by atoms with van der Waals surface area (Å²) in [6, 6.07) is 8.09. The van der Waals surface area contributed by atoms with E-state index in [1.165, 1.54) is 0 Å². The number of carbonyl (C=O) groups excluding carboxylic acids is 1. The van der Waals surface area contributed by atoms with Crippen LogP contribution < -0.4 is 10.2 Å². The van der Waals surface area contributed by atoms with Gasteiger partial charge in [-0.15, -0.1) is 0 Å². The van der Waals surface area contributed by atoms with Crippen LogP contribution in [0, 0.1) is 11.8 Å². The number of nitrogens with zero attached hydrogens (tertiary/aromatic N) is 1. The van der Waals surface area contributed by atoms with E-state index < -0.39 is 0 Å². The van der Waals surface area contributed by atoms with Crippen molar-refractivity contribution in [2.75, 3.05) is 36.5 Å². The number of anilines is 2. The normalized spacial score (nSPS) is 26.1. The average Bonchev–Trinajstić information content (AvgIpc) is 3.17. The van der Waals surface area contributed by atoms with Crippen molar-refractivity contribution in [3.05, 3.63) is 24.3 Å². The molecule has 1 aliphatic carbocycles. The molecule has 1 saturated heterocycles. The number of hydrogen-bond acceptors (Lipinski definition) is 3. The van der Waals surface area contributed by atoms with Crippen LogP contribution in [-0.2, 0) is 9.53 Å². The molecule has 1 aromatic carbocycles. The van der Waals surface area contributed by atoms with Crippen molar-refractivity contribution in [3.63, 3.8) is 0 Å². The maximum Gasteiger partial charge on any atom is 0.227 e. The zero-order valence-corrected chi connectivity index (χ0v) is 11.3. The number of ether oxygens (including phenoxy) is 1. The molecule has 4 heteroatoms. The molecule has 1 amide bonds. The molecule has 0 radical (unpaired) electrons. The van der Waals surface area contributed by atoms with Gasteiger partial charge in [-0.3, -0.25) is 4.79 Å². The van der Waals surface area contributed by atoms with Crippen LogP contribution in [-0.4, -0.2) is 32.2 Å². The molecule has 4 nitrogen and oxygen atoms in total. The standard InChI is InChI=1S/C15H20N2O2/c1-11-9-14(11)15(18)16-12-3-2-4-13(10-12)17-5-7-19-8-6-17/h2-4,10-11,14H,5-9H2,1H3,(H,16,18). The van der Waals surface area contributed by atoms with Crippen LogP contribution in [0.5, 0.6) is 0 Å². The SMILES string of the molecule is CC1CC1C(=O)Nc1cccc(N2CCOCC2)c1. The van der Waals surface area contributed by atoms with Crippen molar-refractivity contribution in [1.29, 1.82) is 0 Å². The van der Waals surface area contributed by atoms with Crippen LogP contribution in [0.4, 0.5) is 11.4 Å². The molecule has 102 valence electrons. The van der Waals surface area contributed by atoms with Gasteiger partial charge in [0.15, 0.2) is 0 Å². The molecule has 2 unspecified atom stereocenters. The minimum Gasteiger partial charge on any atom is -0.378 e. The molecule has 0 aromatic heterocycles. The van der Waals surface area contributed by atoms with Gasteiger partial charge < -0.3 is 15.0 Å². The fraction of sp³-hybridized carbons (Fsp3) is 0.533. The van der Waals surface area contributed by atoms with Crippen molar-refractivity contribution in [2.45, 2.75) is 13.3 Å². The van der Waals surface area contributed by atoms with Crippen molar-refractivity contribution in [1.82, 2.24) is 0 Å². The van der Waals surface area contributed by atoms with Gasteiger partial charge in [0.25, 0.3) is 0 Å². The molecule has 19 heavy (non-hydrogen) atoms. The largest absolute Gasteiger partial charge is 0.378 e. The minimum atomic E-state index is 0.159. The van der Waals surface area contributed by atoms with Crippen molar-refractivity contribution in [3.8, 4) is 0 Å². The van der Waals surface area contributed by atoms with Crippen molar-refractivity contribution >= 4 is 17.3 Å². The lowest BCUT2D eigenvalue weighted by Gasteiger charge is -2.29. The fourth-order valence-corrected chi connectivity index (χ4v) is 2.52. The van der Waals surface area contributed by atoms with E-state index in [0.29, 0.717) is 5.92 Å². The summed E-state index contributed by atoms with van der Waals surface area (Å²) >= 11 is 0. The van der Waals surface area contributed by atoms with Crippen LogP contribution in [0.2, 0.25) is 0 Å². The Labute approximate surface area is 113 Å². The summed E-state index contributed by atoms with van der Waals surface area (Å²) in [5, 5.41) is 3.02. The monoisotopic (exact) mass is 260 g/mol. The lowest BCUT2D eigenvalue weighted by molar-refractivity contribution is -0.117. The number of nitrogens with one attached hydrogen (secondary N) is 1. The molecule has 0 bridgehead atoms. The highest BCUT2D eigenvalue weighted by molar-refractivity contribution is 5.94. The number of rotatable bonds is 3. The Morgan fingerprint density at radius 1 is 1.37 bits per heavy atom. The third-order valence-electron chi connectivity index (χ3n) is 3.94. The summed E-state index contributed by atoms with van der Waals surface area (Å²) in [6.07, 6.45) is 1.02. The molecule has 2 atom stereocenters. The summed E-state index contributed by atoms with van der Waals surface area (Å²) in [4.78, 5) is 14.2. The van der Waals surface area contributed by atoms with Gasteiger partial charge in [-0.25, -0.2) is 0 Å². The third-order valence-corrected chi connectivity index (χ3v) is 3.94. The smallest absolute Gasteiger partial charge is 0.227 e. The second kappa shape index (κ2) is 5.21. The minimum absolute atomic E-state index is 0.159. The van der Waals surface area contributed by atoms with Crippen LogP contribution in [0.1, 0.15) is 13.3 Å². The molecule has 1 aliphatic heterocycles. The summed E-state index contributed by atoms with van der Waals surface area (Å²) < 4.78 is 5.36. The number of morpholine rings is 1. The van der Waals surface area contributed by atoms with Gasteiger partial charge in [-0.1, -0.05) is 13.0 Å². The number of carbonyl (C=O) groups is 1. The van der Waals surface area contributed by atoms with Crippen LogP contribution in [0.15, 0.2) is 24.3 Å². The Morgan fingerprint density at radius 3 is 2.79 bits per heavy atom. The first-order valence-electron chi connectivity index (χ1n) is 6.97. The van der Waals surface area contributed by atoms with E-state index in [4.69, 9.17) is 4.74 Å². The molecular formula is C15H20N2O2. The molecule has 1 heterocycles. The molecule has 1 aromatic rings. The Morgan fingerprint density at radius 2 is 2.11 bits per heavy atom. The number of amides is 1. The Bertz CT molecular complexity index is 469. The molecule has 2 aliphatic rings. The van der Waals surface area contributed by atoms with E-state index in [9.17, 15) is 4.79 Å². The van der Waals surface area contributed by atoms with E-state index in [1.807, 2.05) is 12.1 Å². The van der Waals surface area contributed by atoms with Gasteiger partial charge in [-0.05, 0) is 30.5 Å². The maximum atomic E-state index is 11.9. The predicted molar refractivity (Wildman–Crippen MR) is 75.4 cm³/mol. The molecule has 3 rings (SSSR count). The topological polar surface area (TPSA) is 41.6 Å². The van der Waals surface area contributed by atoms with E-state index in [1.54, 1.807) is 0 Å². The maximum absolute atomic E-state index is 11.9. The molecule has 1 saturated carbocycles. The van der Waals surface area contributed by atoms with Crippen molar-refractivity contribution < 1.29 is 9.53 Å². The quantitative estimate of drug-likeness (QED) is 0.905. The second-order valence-electron chi connectivity index (χ2n) is 5.46. The van der Waals surface area contributed by atoms with E-state index in [0.717, 1.165) is 44.1 Å². The van der Waals surface area contributed by atoms with Crippen LogP contribution in [0.3, 0.4) is 0 Å². The molecule has 2 fully saturated rings. The molecule has 0 spiro atoms. The summed E-state index contributed by atoms with van der Waals surface area (Å²) in [7, 11) is 0. The highest BCUT2D eigenvalue weighted by Gasteiger charge is 2.39. The lowest BCUT2D eigenvalue weighted by atomic mass is 10.2. The van der Waals surface area contributed by atoms with Crippen LogP contribution in [0.25, 0.3) is 0 Å². The van der Waals surface area contributed by atoms with Crippen LogP contribution >= 0.6 is 0 Å². The fourth-order valence-electron chi connectivity index (χ4n) is 2.52. The number of benzene rings is 1. The first-order valence-corrected chi connectivity index (χ1v) is 6.97. The highest BCUT2D eigenvalue weighted by Crippen LogP contribution is 2.38. The average molecular weight is 260 g/mol. The lowest BCUT2D eigenvalue weighted by Crippen LogP contribution is -2.36. The molecule has 1 N–H and O–H groups in total. The first kappa shape index (κ1) is 12.5. The summed E-state index contributed by atoms with van der Waals surface area (Å²) in [5.74, 6) is 0.918. The van der Waals surface area contributed by atoms with Crippen molar-refractivity contribution in [2.24, 2.45) is 11.8 Å². The van der Waals surface area contributed by atoms with Gasteiger partial charge in [0.2, 0.25) is 5.91 Å². The zero-order chi connectivity index (χ0) is 13.2. The van der Waals surface area contributed by atoms with Gasteiger partial charge in [-0.2, -0.15) is 0 Å². The molecular weight excluding hydrogens is 240 g/mol. The summed E-state index contributed by atoms with van der Waals surface area (Å²) in [6.45, 7) is 5.49. The highest BCUT2D eigenvalue weighted by atomic mass is 16.5. The Kier molecular flexibility index (Phi) is 3.42. The third kappa shape index (κ3) is 2.89. The second-order valence-corrected chi connectivity index (χ2v) is 5.46.